The number of hydrogen-bond acceptors (Lipinski definition) is 6. The van der Waals surface area contributed by atoms with E-state index in [4.69, 9.17) is 4.74 Å². The van der Waals surface area contributed by atoms with Crippen molar-refractivity contribution in [1.29, 1.82) is 0 Å². The van der Waals surface area contributed by atoms with Crippen molar-refractivity contribution in [2.75, 3.05) is 38.7 Å². The van der Waals surface area contributed by atoms with Gasteiger partial charge >= 0.3 is 0 Å². The number of anilines is 1. The van der Waals surface area contributed by atoms with Crippen molar-refractivity contribution in [3.63, 3.8) is 0 Å². The summed E-state index contributed by atoms with van der Waals surface area (Å²) in [6, 6.07) is 9.82. The van der Waals surface area contributed by atoms with Crippen molar-refractivity contribution in [3.8, 4) is 0 Å². The maximum atomic E-state index is 13.0. The first-order chi connectivity index (χ1) is 13.5. The highest BCUT2D eigenvalue weighted by atomic mass is 16.5. The van der Waals surface area contributed by atoms with Gasteiger partial charge in [-0.25, -0.2) is 9.97 Å². The summed E-state index contributed by atoms with van der Waals surface area (Å²) < 4.78 is 7.70. The van der Waals surface area contributed by atoms with Crippen LogP contribution in [0, 0.1) is 0 Å². The largest absolute Gasteiger partial charge is 0.368 e. The Bertz CT molecular complexity index is 999. The number of morpholine rings is 1. The first-order valence-corrected chi connectivity index (χ1v) is 9.33. The summed E-state index contributed by atoms with van der Waals surface area (Å²) in [5, 5.41) is 5.57. The van der Waals surface area contributed by atoms with Crippen LogP contribution in [0.15, 0.2) is 36.5 Å². The molecule has 0 unspecified atom stereocenters. The highest BCUT2D eigenvalue weighted by Crippen LogP contribution is 2.23. The molecule has 0 saturated carbocycles. The quantitative estimate of drug-likeness (QED) is 0.684. The van der Waals surface area contributed by atoms with Gasteiger partial charge in [-0.05, 0) is 12.1 Å². The second-order valence-corrected chi connectivity index (χ2v) is 7.14. The zero-order valence-corrected chi connectivity index (χ0v) is 16.4. The Kier molecular flexibility index (Phi) is 4.95. The molecule has 0 radical (unpaired) electrons. The molecule has 28 heavy (non-hydrogen) atoms. The molecule has 8 heteroatoms. The third-order valence-electron chi connectivity index (χ3n) is 4.97. The van der Waals surface area contributed by atoms with Crippen LogP contribution >= 0.6 is 0 Å². The Labute approximate surface area is 163 Å². The topological polar surface area (TPSA) is 76.4 Å². The minimum absolute atomic E-state index is 0.0547. The molecule has 0 spiro atoms. The number of para-hydroxylation sites is 1. The summed E-state index contributed by atoms with van der Waals surface area (Å²) in [4.78, 5) is 25.4. The van der Waals surface area contributed by atoms with Gasteiger partial charge in [-0.15, -0.1) is 0 Å². The van der Waals surface area contributed by atoms with Gasteiger partial charge < -0.3 is 14.5 Å². The van der Waals surface area contributed by atoms with Gasteiger partial charge in [0.25, 0.3) is 0 Å². The summed E-state index contributed by atoms with van der Waals surface area (Å²) in [5.74, 6) is 0.684. The van der Waals surface area contributed by atoms with E-state index in [1.54, 1.807) is 6.20 Å². The van der Waals surface area contributed by atoms with Crippen LogP contribution in [0.1, 0.15) is 17.5 Å². The van der Waals surface area contributed by atoms with Crippen LogP contribution in [0.2, 0.25) is 0 Å². The number of carbonyl (C=O) groups excluding carboxylic acids is 1. The van der Waals surface area contributed by atoms with E-state index >= 15 is 0 Å². The van der Waals surface area contributed by atoms with Crippen LogP contribution in [0.3, 0.4) is 0 Å². The van der Waals surface area contributed by atoms with E-state index in [2.05, 4.69) is 15.1 Å². The highest BCUT2D eigenvalue weighted by molar-refractivity contribution is 5.87. The summed E-state index contributed by atoms with van der Waals surface area (Å²) in [5.41, 5.74) is 2.63. The Balaban J connectivity index is 1.50. The fraction of sp³-hybridized carbons (Fsp3) is 0.400. The third kappa shape index (κ3) is 3.55. The first kappa shape index (κ1) is 18.4. The van der Waals surface area contributed by atoms with Crippen LogP contribution in [-0.2, 0) is 23.0 Å². The number of hydrogen-bond donors (Lipinski definition) is 0. The SMILES string of the molecule is CN(C)c1nccc([C@H]2CN(C(=O)Cc3nn(C)c4ccccc34)CCO2)n1. The molecule has 2 aromatic heterocycles. The lowest BCUT2D eigenvalue weighted by Crippen LogP contribution is -2.43. The number of amides is 1. The fourth-order valence-corrected chi connectivity index (χ4v) is 3.49. The molecule has 0 N–H and O–H groups in total. The summed E-state index contributed by atoms with van der Waals surface area (Å²) in [6.07, 6.45) is 1.75. The molecular formula is C20H24N6O2. The van der Waals surface area contributed by atoms with E-state index in [9.17, 15) is 4.79 Å². The van der Waals surface area contributed by atoms with Crippen molar-refractivity contribution in [2.45, 2.75) is 12.5 Å². The Morgan fingerprint density at radius 2 is 2.11 bits per heavy atom. The molecule has 1 amide bonds. The van der Waals surface area contributed by atoms with E-state index in [0.717, 1.165) is 22.3 Å². The number of aromatic nitrogens is 4. The number of rotatable bonds is 4. The third-order valence-corrected chi connectivity index (χ3v) is 4.97. The van der Waals surface area contributed by atoms with Crippen molar-refractivity contribution >= 4 is 22.8 Å². The van der Waals surface area contributed by atoms with Crippen LogP contribution in [0.25, 0.3) is 10.9 Å². The van der Waals surface area contributed by atoms with Crippen LogP contribution < -0.4 is 4.90 Å². The van der Waals surface area contributed by atoms with Crippen molar-refractivity contribution < 1.29 is 9.53 Å². The smallest absolute Gasteiger partial charge is 0.228 e. The zero-order valence-electron chi connectivity index (χ0n) is 16.4. The first-order valence-electron chi connectivity index (χ1n) is 9.33. The molecule has 3 heterocycles. The minimum Gasteiger partial charge on any atom is -0.368 e. The number of fused-ring (bicyclic) bond motifs is 1. The van der Waals surface area contributed by atoms with Crippen LogP contribution in [0.4, 0.5) is 5.95 Å². The molecule has 0 aliphatic carbocycles. The second kappa shape index (κ2) is 7.55. The normalized spacial score (nSPS) is 17.1. The van der Waals surface area contributed by atoms with Crippen LogP contribution in [-0.4, -0.2) is 64.3 Å². The lowest BCUT2D eigenvalue weighted by Gasteiger charge is -2.32. The maximum absolute atomic E-state index is 13.0. The van der Waals surface area contributed by atoms with Gasteiger partial charge in [0.2, 0.25) is 11.9 Å². The second-order valence-electron chi connectivity index (χ2n) is 7.14. The molecule has 1 aliphatic rings. The van der Waals surface area contributed by atoms with E-state index < -0.39 is 0 Å². The Hall–Kier alpha value is -3.00. The predicted molar refractivity (Wildman–Crippen MR) is 106 cm³/mol. The van der Waals surface area contributed by atoms with E-state index in [1.165, 1.54) is 0 Å². The van der Waals surface area contributed by atoms with E-state index in [1.807, 2.05) is 66.0 Å². The summed E-state index contributed by atoms with van der Waals surface area (Å²) >= 11 is 0. The van der Waals surface area contributed by atoms with Crippen LogP contribution in [0.5, 0.6) is 0 Å². The van der Waals surface area contributed by atoms with E-state index in [-0.39, 0.29) is 18.4 Å². The molecule has 8 nitrogen and oxygen atoms in total. The Morgan fingerprint density at radius 3 is 2.93 bits per heavy atom. The molecule has 1 aliphatic heterocycles. The van der Waals surface area contributed by atoms with Crippen molar-refractivity contribution in [3.05, 3.63) is 47.9 Å². The molecule has 1 saturated heterocycles. The number of nitrogens with zero attached hydrogens (tertiary/aromatic N) is 6. The number of aryl methyl sites for hydroxylation is 1. The van der Waals surface area contributed by atoms with Gasteiger partial charge in [0.1, 0.15) is 6.10 Å². The average molecular weight is 380 g/mol. The molecule has 146 valence electrons. The lowest BCUT2D eigenvalue weighted by molar-refractivity contribution is -0.138. The van der Waals surface area contributed by atoms with Gasteiger partial charge in [0.05, 0.1) is 36.5 Å². The lowest BCUT2D eigenvalue weighted by atomic mass is 10.1. The average Bonchev–Trinajstić information content (AvgIpc) is 3.04. The van der Waals surface area contributed by atoms with Crippen molar-refractivity contribution in [1.82, 2.24) is 24.6 Å². The highest BCUT2D eigenvalue weighted by Gasteiger charge is 2.27. The van der Waals surface area contributed by atoms with Gasteiger partial charge in [0, 0.05) is 39.3 Å². The van der Waals surface area contributed by atoms with Gasteiger partial charge in [0.15, 0.2) is 0 Å². The number of ether oxygens (including phenoxy) is 1. The van der Waals surface area contributed by atoms with Gasteiger partial charge in [-0.3, -0.25) is 9.48 Å². The monoisotopic (exact) mass is 380 g/mol. The molecule has 1 atom stereocenters. The molecule has 4 rings (SSSR count). The molecule has 3 aromatic rings. The molecular weight excluding hydrogens is 356 g/mol. The van der Waals surface area contributed by atoms with Crippen molar-refractivity contribution in [2.24, 2.45) is 7.05 Å². The Morgan fingerprint density at radius 1 is 1.29 bits per heavy atom. The zero-order chi connectivity index (χ0) is 19.7. The summed E-state index contributed by atoms with van der Waals surface area (Å²) in [7, 11) is 5.69. The minimum atomic E-state index is -0.250. The molecule has 0 bridgehead atoms. The standard InChI is InChI=1S/C20H24N6O2/c1-24(2)20-21-9-8-15(22-20)18-13-26(10-11-28-18)19(27)12-16-14-6-4-5-7-17(14)25(3)23-16/h4-9,18H,10-13H2,1-3H3/t18-/m1/s1. The fourth-order valence-electron chi connectivity index (χ4n) is 3.49. The number of benzene rings is 1. The van der Waals surface area contributed by atoms with Gasteiger partial charge in [-0.1, -0.05) is 18.2 Å². The van der Waals surface area contributed by atoms with Gasteiger partial charge in [-0.2, -0.15) is 5.10 Å². The maximum Gasteiger partial charge on any atom is 0.228 e. The van der Waals surface area contributed by atoms with E-state index in [0.29, 0.717) is 25.6 Å². The summed E-state index contributed by atoms with van der Waals surface area (Å²) in [6.45, 7) is 1.54. The molecule has 1 aromatic carbocycles. The predicted octanol–water partition coefficient (Wildman–Crippen LogP) is 1.57. The number of carbonyl (C=O) groups is 1. The molecule has 1 fully saturated rings.